The molecule has 0 saturated heterocycles. The predicted octanol–water partition coefficient (Wildman–Crippen LogP) is 2.28. The second-order valence-corrected chi connectivity index (χ2v) is 6.63. The summed E-state index contributed by atoms with van der Waals surface area (Å²) >= 11 is 0. The van der Waals surface area contributed by atoms with E-state index in [4.69, 9.17) is 9.94 Å². The maximum atomic E-state index is 12.9. The van der Waals surface area contributed by atoms with Crippen molar-refractivity contribution in [3.63, 3.8) is 0 Å². The van der Waals surface area contributed by atoms with Crippen molar-refractivity contribution in [2.24, 2.45) is 5.41 Å². The lowest BCUT2D eigenvalue weighted by atomic mass is 9.69. The maximum absolute atomic E-state index is 12.9. The average molecular weight is 318 g/mol. The minimum absolute atomic E-state index is 0.157. The molecule has 0 bridgehead atoms. The number of carbonyl (C=O) groups excluding carboxylic acids is 2. The molecule has 1 heterocycles. The molecule has 0 spiro atoms. The quantitative estimate of drug-likeness (QED) is 0.648. The Morgan fingerprint density at radius 1 is 1.39 bits per heavy atom. The van der Waals surface area contributed by atoms with E-state index in [0.717, 1.165) is 24.8 Å². The molecular formula is C17H22N2O4. The molecule has 1 aliphatic heterocycles. The minimum atomic E-state index is -0.576. The largest absolute Gasteiger partial charge is 0.491 e. The Morgan fingerprint density at radius 3 is 2.74 bits per heavy atom. The van der Waals surface area contributed by atoms with Gasteiger partial charge in [0.25, 0.3) is 5.91 Å². The summed E-state index contributed by atoms with van der Waals surface area (Å²) in [5, 5.41) is 8.80. The van der Waals surface area contributed by atoms with Gasteiger partial charge in [0, 0.05) is 16.5 Å². The van der Waals surface area contributed by atoms with Crippen LogP contribution < -0.4 is 10.2 Å². The molecule has 1 atom stereocenters. The van der Waals surface area contributed by atoms with E-state index in [1.165, 1.54) is 0 Å². The standard InChI is InChI=1S/C17H22N2O4/c1-11-13-10-12(15(20)18-22)4-5-14(13)23-9-8-19(11)16(21)17(2)6-3-7-17/h4-5,10-11,22H,3,6-9H2,1-2H3,(H,18,20)/t11-/m1/s1. The van der Waals surface area contributed by atoms with Crippen LogP contribution in [0.4, 0.5) is 0 Å². The first-order valence-corrected chi connectivity index (χ1v) is 7.98. The van der Waals surface area contributed by atoms with E-state index >= 15 is 0 Å². The fourth-order valence-electron chi connectivity index (χ4n) is 3.37. The lowest BCUT2D eigenvalue weighted by Gasteiger charge is -2.42. The lowest BCUT2D eigenvalue weighted by molar-refractivity contribution is -0.148. The van der Waals surface area contributed by atoms with Gasteiger partial charge in [-0.1, -0.05) is 13.3 Å². The van der Waals surface area contributed by atoms with Gasteiger partial charge in [-0.15, -0.1) is 0 Å². The number of benzene rings is 1. The topological polar surface area (TPSA) is 78.9 Å². The van der Waals surface area contributed by atoms with E-state index in [-0.39, 0.29) is 17.4 Å². The zero-order valence-corrected chi connectivity index (χ0v) is 13.5. The molecule has 1 aromatic rings. The number of hydrogen-bond donors (Lipinski definition) is 2. The number of carbonyl (C=O) groups is 2. The van der Waals surface area contributed by atoms with Crippen molar-refractivity contribution in [1.29, 1.82) is 0 Å². The number of ether oxygens (including phenoxy) is 1. The number of rotatable bonds is 2. The van der Waals surface area contributed by atoms with Gasteiger partial charge < -0.3 is 9.64 Å². The van der Waals surface area contributed by atoms with Crippen molar-refractivity contribution < 1.29 is 19.5 Å². The molecule has 0 aromatic heterocycles. The third-order valence-electron chi connectivity index (χ3n) is 5.12. The second-order valence-electron chi connectivity index (χ2n) is 6.63. The van der Waals surface area contributed by atoms with Gasteiger partial charge in [-0.25, -0.2) is 5.48 Å². The van der Waals surface area contributed by atoms with Gasteiger partial charge in [0.15, 0.2) is 0 Å². The predicted molar refractivity (Wildman–Crippen MR) is 83.3 cm³/mol. The van der Waals surface area contributed by atoms with E-state index in [9.17, 15) is 9.59 Å². The van der Waals surface area contributed by atoms with Crippen LogP contribution in [0.15, 0.2) is 18.2 Å². The first-order valence-electron chi connectivity index (χ1n) is 7.98. The molecule has 6 heteroatoms. The van der Waals surface area contributed by atoms with Crippen LogP contribution >= 0.6 is 0 Å². The van der Waals surface area contributed by atoms with Crippen LogP contribution in [0.25, 0.3) is 0 Å². The lowest BCUT2D eigenvalue weighted by Crippen LogP contribution is -2.47. The summed E-state index contributed by atoms with van der Waals surface area (Å²) in [5.41, 5.74) is 2.50. The Balaban J connectivity index is 1.93. The van der Waals surface area contributed by atoms with Crippen LogP contribution in [0.5, 0.6) is 5.75 Å². The van der Waals surface area contributed by atoms with Crippen LogP contribution in [0, 0.1) is 5.41 Å². The molecule has 23 heavy (non-hydrogen) atoms. The summed E-state index contributed by atoms with van der Waals surface area (Å²) < 4.78 is 5.74. The molecular weight excluding hydrogens is 296 g/mol. The molecule has 2 N–H and O–H groups in total. The molecule has 1 saturated carbocycles. The van der Waals surface area contributed by atoms with Crippen LogP contribution in [-0.4, -0.2) is 35.1 Å². The second kappa shape index (κ2) is 5.85. The number of nitrogens with one attached hydrogen (secondary N) is 1. The SMILES string of the molecule is C[C@@H]1c2cc(C(=O)NO)ccc2OCCN1C(=O)C1(C)CCC1. The maximum Gasteiger partial charge on any atom is 0.274 e. The van der Waals surface area contributed by atoms with E-state index in [2.05, 4.69) is 0 Å². The van der Waals surface area contributed by atoms with Gasteiger partial charge in [0.1, 0.15) is 12.4 Å². The van der Waals surface area contributed by atoms with Crippen LogP contribution in [0.3, 0.4) is 0 Å². The molecule has 6 nitrogen and oxygen atoms in total. The van der Waals surface area contributed by atoms with Crippen molar-refractivity contribution in [1.82, 2.24) is 10.4 Å². The Hall–Kier alpha value is -2.08. The first-order chi connectivity index (χ1) is 11.0. The number of amides is 2. The molecule has 0 radical (unpaired) electrons. The monoisotopic (exact) mass is 318 g/mol. The Labute approximate surface area is 135 Å². The van der Waals surface area contributed by atoms with Crippen LogP contribution in [-0.2, 0) is 4.79 Å². The molecule has 2 aliphatic rings. The highest BCUT2D eigenvalue weighted by Crippen LogP contribution is 2.44. The van der Waals surface area contributed by atoms with Gasteiger partial charge >= 0.3 is 0 Å². The van der Waals surface area contributed by atoms with E-state index in [1.807, 2.05) is 18.7 Å². The number of hydroxylamine groups is 1. The molecule has 1 fully saturated rings. The Morgan fingerprint density at radius 2 is 2.13 bits per heavy atom. The number of fused-ring (bicyclic) bond motifs is 1. The third kappa shape index (κ3) is 2.67. The molecule has 2 amide bonds. The highest BCUT2D eigenvalue weighted by molar-refractivity contribution is 5.93. The number of hydrogen-bond acceptors (Lipinski definition) is 4. The van der Waals surface area contributed by atoms with E-state index in [1.54, 1.807) is 23.7 Å². The van der Waals surface area contributed by atoms with Gasteiger partial charge in [0.05, 0.1) is 12.6 Å². The summed E-state index contributed by atoms with van der Waals surface area (Å²) in [7, 11) is 0. The molecule has 1 aliphatic carbocycles. The van der Waals surface area contributed by atoms with E-state index in [0.29, 0.717) is 24.5 Å². The van der Waals surface area contributed by atoms with Gasteiger partial charge in [-0.05, 0) is 38.0 Å². The summed E-state index contributed by atoms with van der Waals surface area (Å²) in [4.78, 5) is 26.4. The van der Waals surface area contributed by atoms with Gasteiger partial charge in [0.2, 0.25) is 5.91 Å². The van der Waals surface area contributed by atoms with Crippen LogP contribution in [0.2, 0.25) is 0 Å². The summed E-state index contributed by atoms with van der Waals surface area (Å²) in [6.45, 7) is 4.94. The van der Waals surface area contributed by atoms with Crippen molar-refractivity contribution in [3.8, 4) is 5.75 Å². The summed E-state index contributed by atoms with van der Waals surface area (Å²) in [5.74, 6) is 0.263. The highest BCUT2D eigenvalue weighted by atomic mass is 16.5. The fourth-order valence-corrected chi connectivity index (χ4v) is 3.37. The van der Waals surface area contributed by atoms with Gasteiger partial charge in [-0.2, -0.15) is 0 Å². The zero-order chi connectivity index (χ0) is 16.6. The van der Waals surface area contributed by atoms with Crippen LogP contribution in [0.1, 0.15) is 55.1 Å². The summed E-state index contributed by atoms with van der Waals surface area (Å²) in [6, 6.07) is 4.82. The third-order valence-corrected chi connectivity index (χ3v) is 5.12. The van der Waals surface area contributed by atoms with Crippen molar-refractivity contribution in [2.75, 3.05) is 13.2 Å². The average Bonchev–Trinajstić information content (AvgIpc) is 2.70. The Kier molecular flexibility index (Phi) is 4.02. The molecule has 124 valence electrons. The smallest absolute Gasteiger partial charge is 0.274 e. The van der Waals surface area contributed by atoms with Crippen molar-refractivity contribution >= 4 is 11.8 Å². The van der Waals surface area contributed by atoms with E-state index < -0.39 is 5.91 Å². The van der Waals surface area contributed by atoms with Crippen molar-refractivity contribution in [3.05, 3.63) is 29.3 Å². The zero-order valence-electron chi connectivity index (χ0n) is 13.5. The minimum Gasteiger partial charge on any atom is -0.491 e. The molecule has 0 unspecified atom stereocenters. The first kappa shape index (κ1) is 15.8. The highest BCUT2D eigenvalue weighted by Gasteiger charge is 2.43. The van der Waals surface area contributed by atoms with Crippen molar-refractivity contribution in [2.45, 2.75) is 39.2 Å². The molecule has 1 aromatic carbocycles. The van der Waals surface area contributed by atoms with Gasteiger partial charge in [-0.3, -0.25) is 14.8 Å². The Bertz CT molecular complexity index is 639. The molecule has 3 rings (SSSR count). The normalized spacial score (nSPS) is 22.2. The fraction of sp³-hybridized carbons (Fsp3) is 0.529. The number of nitrogens with zero attached hydrogens (tertiary/aromatic N) is 1. The summed E-state index contributed by atoms with van der Waals surface area (Å²) in [6.07, 6.45) is 2.95.